The summed E-state index contributed by atoms with van der Waals surface area (Å²) in [6.07, 6.45) is 6.00. The summed E-state index contributed by atoms with van der Waals surface area (Å²) in [5, 5.41) is 20.0. The van der Waals surface area contributed by atoms with E-state index in [9.17, 15) is 9.90 Å². The van der Waals surface area contributed by atoms with Gasteiger partial charge < -0.3 is 20.9 Å². The van der Waals surface area contributed by atoms with Crippen molar-refractivity contribution in [2.45, 2.75) is 30.6 Å². The molecule has 0 radical (unpaired) electrons. The van der Waals surface area contributed by atoms with Crippen LogP contribution in [0.5, 0.6) is 11.5 Å². The Hall–Kier alpha value is -3.45. The molecule has 5 N–H and O–H groups in total. The van der Waals surface area contributed by atoms with Gasteiger partial charge in [-0.2, -0.15) is 0 Å². The summed E-state index contributed by atoms with van der Waals surface area (Å²) < 4.78 is 5.35. The van der Waals surface area contributed by atoms with Gasteiger partial charge in [0.25, 0.3) is 5.91 Å². The van der Waals surface area contributed by atoms with Crippen LogP contribution in [-0.2, 0) is 4.79 Å². The lowest BCUT2D eigenvalue weighted by atomic mass is 10.0. The number of carbonyl (C=O) groups excluding carboxylic acids is 1. The van der Waals surface area contributed by atoms with Gasteiger partial charge in [0.15, 0.2) is 18.1 Å². The van der Waals surface area contributed by atoms with E-state index in [0.717, 1.165) is 16.0 Å². The van der Waals surface area contributed by atoms with Gasteiger partial charge in [0.1, 0.15) is 5.84 Å². The number of amidine groups is 1. The van der Waals surface area contributed by atoms with Crippen LogP contribution in [0.2, 0.25) is 0 Å². The molecule has 0 atom stereocenters. The van der Waals surface area contributed by atoms with Crippen LogP contribution in [0.4, 0.5) is 5.69 Å². The summed E-state index contributed by atoms with van der Waals surface area (Å²) in [6, 6.07) is 19.4. The highest BCUT2D eigenvalue weighted by atomic mass is 32.1. The van der Waals surface area contributed by atoms with Crippen molar-refractivity contribution in [1.29, 1.82) is 5.41 Å². The largest absolute Gasteiger partial charge is 0.504 e. The molecule has 1 fully saturated rings. The van der Waals surface area contributed by atoms with Gasteiger partial charge in [0.05, 0.1) is 0 Å². The van der Waals surface area contributed by atoms with Crippen molar-refractivity contribution in [3.63, 3.8) is 0 Å². The SMILES string of the molecule is C1CCC1.N=C(N)c1ccc(O)c(OCC(=O)Nc2ccc(-c3ccccc3S)cc2)c1. The Morgan fingerprint density at radius 2 is 1.69 bits per heavy atom. The van der Waals surface area contributed by atoms with Crippen LogP contribution < -0.4 is 15.8 Å². The van der Waals surface area contributed by atoms with Crippen LogP contribution in [0, 0.1) is 5.41 Å². The Morgan fingerprint density at radius 1 is 1.03 bits per heavy atom. The summed E-state index contributed by atoms with van der Waals surface area (Å²) >= 11 is 4.45. The highest BCUT2D eigenvalue weighted by molar-refractivity contribution is 7.80. The average molecular weight is 450 g/mol. The molecule has 0 aliphatic heterocycles. The Morgan fingerprint density at radius 3 is 2.28 bits per heavy atom. The summed E-state index contributed by atoms with van der Waals surface area (Å²) in [6.45, 7) is -0.295. The fourth-order valence-electron chi connectivity index (χ4n) is 2.84. The van der Waals surface area contributed by atoms with Crippen molar-refractivity contribution in [3.8, 4) is 22.6 Å². The van der Waals surface area contributed by atoms with E-state index in [-0.39, 0.29) is 29.8 Å². The standard InChI is InChI=1S/C21H19N3O3S.C4H8/c22-21(23)14-7-10-17(25)18(11-14)27-12-20(26)24-15-8-5-13(6-9-15)16-3-1-2-4-19(16)28;1-2-4-3-1/h1-11,25,28H,12H2,(H3,22,23)(H,24,26);1-4H2. The molecule has 1 aliphatic rings. The zero-order valence-electron chi connectivity index (χ0n) is 17.7. The predicted molar refractivity (Wildman–Crippen MR) is 131 cm³/mol. The monoisotopic (exact) mass is 449 g/mol. The Kier molecular flexibility index (Phi) is 8.16. The van der Waals surface area contributed by atoms with Gasteiger partial charge in [0.2, 0.25) is 0 Å². The fourth-order valence-corrected chi connectivity index (χ4v) is 3.13. The first-order chi connectivity index (χ1) is 15.4. The van der Waals surface area contributed by atoms with Gasteiger partial charge >= 0.3 is 0 Å². The number of nitrogen functional groups attached to an aromatic ring is 1. The molecule has 7 heteroatoms. The molecule has 1 aliphatic carbocycles. The van der Waals surface area contributed by atoms with Crippen LogP contribution in [0.15, 0.2) is 71.6 Å². The van der Waals surface area contributed by atoms with E-state index in [2.05, 4.69) is 17.9 Å². The number of carbonyl (C=O) groups is 1. The van der Waals surface area contributed by atoms with Crippen molar-refractivity contribution in [1.82, 2.24) is 0 Å². The maximum absolute atomic E-state index is 12.1. The number of benzene rings is 3. The first-order valence-electron chi connectivity index (χ1n) is 10.4. The Balaban J connectivity index is 0.000000650. The lowest BCUT2D eigenvalue weighted by Crippen LogP contribution is -2.20. The molecule has 0 aromatic heterocycles. The van der Waals surface area contributed by atoms with Gasteiger partial charge in [-0.05, 0) is 47.5 Å². The van der Waals surface area contributed by atoms with Crippen LogP contribution in [0.1, 0.15) is 31.2 Å². The molecule has 0 bridgehead atoms. The minimum absolute atomic E-state index is 0.0867. The van der Waals surface area contributed by atoms with Gasteiger partial charge in [-0.25, -0.2) is 0 Å². The number of thiol groups is 1. The van der Waals surface area contributed by atoms with Crippen molar-refractivity contribution in [2.24, 2.45) is 5.73 Å². The van der Waals surface area contributed by atoms with Crippen molar-refractivity contribution in [3.05, 3.63) is 72.3 Å². The molecule has 3 aromatic carbocycles. The van der Waals surface area contributed by atoms with Crippen LogP contribution in [0.3, 0.4) is 0 Å². The second-order valence-electron chi connectivity index (χ2n) is 7.44. The number of ether oxygens (including phenoxy) is 1. The van der Waals surface area contributed by atoms with E-state index in [0.29, 0.717) is 11.3 Å². The van der Waals surface area contributed by atoms with Gasteiger partial charge in [-0.15, -0.1) is 12.6 Å². The molecular formula is C25H27N3O3S. The number of anilines is 1. The Bertz CT molecular complexity index is 1080. The van der Waals surface area contributed by atoms with Crippen molar-refractivity contribution >= 4 is 30.1 Å². The number of nitrogens with one attached hydrogen (secondary N) is 2. The normalized spacial score (nSPS) is 12.0. The van der Waals surface area contributed by atoms with E-state index in [1.807, 2.05) is 36.4 Å². The van der Waals surface area contributed by atoms with Gasteiger partial charge in [-0.1, -0.05) is 56.0 Å². The van der Waals surface area contributed by atoms with Gasteiger partial charge in [-0.3, -0.25) is 10.2 Å². The molecule has 0 spiro atoms. The zero-order valence-corrected chi connectivity index (χ0v) is 18.6. The molecule has 6 nitrogen and oxygen atoms in total. The summed E-state index contributed by atoms with van der Waals surface area (Å²) in [5.74, 6) is -0.580. The predicted octanol–water partition coefficient (Wildman–Crippen LogP) is 5.21. The van der Waals surface area contributed by atoms with E-state index in [1.54, 1.807) is 12.1 Å². The molecule has 0 unspecified atom stereocenters. The second-order valence-corrected chi connectivity index (χ2v) is 7.92. The smallest absolute Gasteiger partial charge is 0.262 e. The molecule has 166 valence electrons. The molecule has 1 amide bonds. The van der Waals surface area contributed by atoms with Crippen molar-refractivity contribution in [2.75, 3.05) is 11.9 Å². The lowest BCUT2D eigenvalue weighted by Gasteiger charge is -2.11. The molecular weight excluding hydrogens is 422 g/mol. The fraction of sp³-hybridized carbons (Fsp3) is 0.200. The van der Waals surface area contributed by atoms with Crippen molar-refractivity contribution < 1.29 is 14.6 Å². The number of hydrogen-bond acceptors (Lipinski definition) is 5. The summed E-state index contributed by atoms with van der Waals surface area (Å²) in [5.41, 5.74) is 8.43. The maximum Gasteiger partial charge on any atom is 0.262 e. The third kappa shape index (κ3) is 6.52. The zero-order chi connectivity index (χ0) is 22.9. The van der Waals surface area contributed by atoms with E-state index >= 15 is 0 Å². The molecule has 4 rings (SSSR count). The topological polar surface area (TPSA) is 108 Å². The van der Waals surface area contributed by atoms with Gasteiger partial charge in [0, 0.05) is 16.1 Å². The highest BCUT2D eigenvalue weighted by Crippen LogP contribution is 2.28. The number of phenols is 1. The number of hydrogen-bond donors (Lipinski definition) is 5. The first-order valence-corrected chi connectivity index (χ1v) is 10.9. The molecule has 3 aromatic rings. The van der Waals surface area contributed by atoms with E-state index in [4.69, 9.17) is 15.9 Å². The number of rotatable bonds is 6. The van der Waals surface area contributed by atoms with Crippen LogP contribution >= 0.6 is 12.6 Å². The number of amides is 1. The lowest BCUT2D eigenvalue weighted by molar-refractivity contribution is -0.118. The second kappa shape index (κ2) is 11.2. The maximum atomic E-state index is 12.1. The third-order valence-corrected chi connectivity index (χ3v) is 5.40. The molecule has 1 saturated carbocycles. The quantitative estimate of drug-likeness (QED) is 0.202. The molecule has 32 heavy (non-hydrogen) atoms. The number of aromatic hydroxyl groups is 1. The highest BCUT2D eigenvalue weighted by Gasteiger charge is 2.10. The van der Waals surface area contributed by atoms with E-state index < -0.39 is 0 Å². The number of phenolic OH excluding ortho intramolecular Hbond substituents is 1. The van der Waals surface area contributed by atoms with Crippen LogP contribution in [-0.4, -0.2) is 23.5 Å². The molecule has 0 saturated heterocycles. The minimum Gasteiger partial charge on any atom is -0.504 e. The summed E-state index contributed by atoms with van der Waals surface area (Å²) in [7, 11) is 0. The minimum atomic E-state index is -0.380. The van der Waals surface area contributed by atoms with E-state index in [1.165, 1.54) is 43.9 Å². The number of nitrogens with two attached hydrogens (primary N) is 1. The molecule has 0 heterocycles. The van der Waals surface area contributed by atoms with Crippen LogP contribution in [0.25, 0.3) is 11.1 Å². The summed E-state index contributed by atoms with van der Waals surface area (Å²) in [4.78, 5) is 13.0. The average Bonchev–Trinajstić information content (AvgIpc) is 2.73. The third-order valence-electron chi connectivity index (χ3n) is 5.01. The first kappa shape index (κ1) is 23.2. The Labute approximate surface area is 193 Å².